The van der Waals surface area contributed by atoms with Crippen LogP contribution >= 0.6 is 0 Å². The fourth-order valence-electron chi connectivity index (χ4n) is 3.48. The van der Waals surface area contributed by atoms with Crippen molar-refractivity contribution in [3.8, 4) is 0 Å². The predicted octanol–water partition coefficient (Wildman–Crippen LogP) is 5.70. The van der Waals surface area contributed by atoms with Crippen LogP contribution in [-0.2, 0) is 0 Å². The average molecular weight is 398 g/mol. The van der Waals surface area contributed by atoms with Crippen molar-refractivity contribution in [1.82, 2.24) is 5.32 Å². The highest BCUT2D eigenvalue weighted by molar-refractivity contribution is 6.10. The first-order chi connectivity index (χ1) is 14.5. The molecule has 0 spiro atoms. The minimum absolute atomic E-state index is 0.301. The molecule has 30 heavy (non-hydrogen) atoms. The molecule has 4 N–H and O–H groups in total. The third-order valence-corrected chi connectivity index (χ3v) is 4.99. The topological polar surface area (TPSA) is 82.3 Å². The molecule has 0 unspecified atom stereocenters. The second kappa shape index (κ2) is 8.13. The summed E-state index contributed by atoms with van der Waals surface area (Å²) in [7, 11) is 1.56. The van der Waals surface area contributed by atoms with Crippen LogP contribution in [0.5, 0.6) is 0 Å². The van der Waals surface area contributed by atoms with Crippen LogP contribution in [0.3, 0.4) is 0 Å². The van der Waals surface area contributed by atoms with Crippen LogP contribution in [0.4, 0.5) is 26.7 Å². The number of benzene rings is 4. The Balaban J connectivity index is 1.60. The van der Waals surface area contributed by atoms with Gasteiger partial charge in [0.1, 0.15) is 0 Å². The van der Waals surface area contributed by atoms with Gasteiger partial charge in [0, 0.05) is 23.5 Å². The molecule has 0 saturated heterocycles. The van der Waals surface area contributed by atoms with E-state index in [4.69, 9.17) is 0 Å². The fourth-order valence-corrected chi connectivity index (χ4v) is 3.48. The SMILES string of the molecule is CNC(=O)Nc1cccc2c(NC(=O)Nc3cc4ccccc4cc3C)cccc12. The van der Waals surface area contributed by atoms with Crippen molar-refractivity contribution < 1.29 is 9.59 Å². The molecule has 4 aromatic carbocycles. The fraction of sp³-hybridized carbons (Fsp3) is 0.0833. The van der Waals surface area contributed by atoms with Gasteiger partial charge in [-0.15, -0.1) is 0 Å². The zero-order valence-electron chi connectivity index (χ0n) is 16.7. The Morgan fingerprint density at radius 2 is 1.17 bits per heavy atom. The molecule has 0 aliphatic rings. The van der Waals surface area contributed by atoms with Crippen LogP contribution in [0.2, 0.25) is 0 Å². The monoisotopic (exact) mass is 398 g/mol. The summed E-state index contributed by atoms with van der Waals surface area (Å²) in [6, 6.07) is 22.6. The second-order valence-corrected chi connectivity index (χ2v) is 7.00. The highest BCUT2D eigenvalue weighted by atomic mass is 16.2. The van der Waals surface area contributed by atoms with Crippen molar-refractivity contribution in [2.24, 2.45) is 0 Å². The van der Waals surface area contributed by atoms with Crippen molar-refractivity contribution in [1.29, 1.82) is 0 Å². The summed E-state index contributed by atoms with van der Waals surface area (Å²) in [4.78, 5) is 24.4. The summed E-state index contributed by atoms with van der Waals surface area (Å²) in [5.41, 5.74) is 3.07. The summed E-state index contributed by atoms with van der Waals surface area (Å²) >= 11 is 0. The minimum atomic E-state index is -0.328. The van der Waals surface area contributed by atoms with Crippen LogP contribution in [0.15, 0.2) is 72.8 Å². The predicted molar refractivity (Wildman–Crippen MR) is 123 cm³/mol. The molecular formula is C24H22N4O2. The maximum Gasteiger partial charge on any atom is 0.323 e. The largest absolute Gasteiger partial charge is 0.341 e. The maximum absolute atomic E-state index is 12.7. The van der Waals surface area contributed by atoms with Gasteiger partial charge in [-0.1, -0.05) is 48.5 Å². The molecule has 0 saturated carbocycles. The van der Waals surface area contributed by atoms with Crippen LogP contribution in [0.25, 0.3) is 21.5 Å². The van der Waals surface area contributed by atoms with Gasteiger partial charge in [0.05, 0.1) is 11.4 Å². The normalized spacial score (nSPS) is 10.6. The van der Waals surface area contributed by atoms with Gasteiger partial charge in [0.15, 0.2) is 0 Å². The van der Waals surface area contributed by atoms with E-state index in [9.17, 15) is 9.59 Å². The lowest BCUT2D eigenvalue weighted by Crippen LogP contribution is -2.24. The van der Waals surface area contributed by atoms with Gasteiger partial charge in [0.2, 0.25) is 0 Å². The average Bonchev–Trinajstić information content (AvgIpc) is 2.75. The Hall–Kier alpha value is -4.06. The van der Waals surface area contributed by atoms with Crippen molar-refractivity contribution in [2.45, 2.75) is 6.92 Å². The molecule has 0 aliphatic carbocycles. The smallest absolute Gasteiger partial charge is 0.323 e. The number of hydrogen-bond acceptors (Lipinski definition) is 2. The molecule has 4 rings (SSSR count). The van der Waals surface area contributed by atoms with Gasteiger partial charge in [0.25, 0.3) is 0 Å². The molecule has 0 fully saturated rings. The molecule has 6 heteroatoms. The maximum atomic E-state index is 12.7. The standard InChI is InChI=1S/C24H22N4O2/c1-15-13-16-7-3-4-8-17(16)14-22(15)28-24(30)27-21-12-6-9-18-19(21)10-5-11-20(18)26-23(29)25-2/h3-14H,1-2H3,(H2,25,26,29)(H2,27,28,30). The number of anilines is 3. The summed E-state index contributed by atoms with van der Waals surface area (Å²) in [5, 5.41) is 15.1. The minimum Gasteiger partial charge on any atom is -0.341 e. The van der Waals surface area contributed by atoms with Gasteiger partial charge in [-0.3, -0.25) is 0 Å². The molecule has 6 nitrogen and oxygen atoms in total. The van der Waals surface area contributed by atoms with E-state index in [1.165, 1.54) is 0 Å². The molecule has 0 heterocycles. The first kappa shape index (κ1) is 19.3. The number of carbonyl (C=O) groups excluding carboxylic acids is 2. The summed E-state index contributed by atoms with van der Waals surface area (Å²) in [6.07, 6.45) is 0. The number of urea groups is 2. The Labute approximate surface area is 174 Å². The Bertz CT molecular complexity index is 1270. The number of carbonyl (C=O) groups is 2. The van der Waals surface area contributed by atoms with Crippen molar-refractivity contribution in [2.75, 3.05) is 23.0 Å². The number of rotatable bonds is 3. The third kappa shape index (κ3) is 3.89. The molecule has 0 aliphatic heterocycles. The quantitative estimate of drug-likeness (QED) is 0.357. The van der Waals surface area contributed by atoms with E-state index < -0.39 is 0 Å². The van der Waals surface area contributed by atoms with Crippen LogP contribution < -0.4 is 21.3 Å². The number of amides is 4. The van der Waals surface area contributed by atoms with E-state index in [0.29, 0.717) is 11.4 Å². The van der Waals surface area contributed by atoms with Crippen molar-refractivity contribution in [3.63, 3.8) is 0 Å². The van der Waals surface area contributed by atoms with E-state index in [-0.39, 0.29) is 12.1 Å². The summed E-state index contributed by atoms with van der Waals surface area (Å²) in [6.45, 7) is 1.97. The Morgan fingerprint density at radius 3 is 1.77 bits per heavy atom. The highest BCUT2D eigenvalue weighted by Crippen LogP contribution is 2.30. The van der Waals surface area contributed by atoms with Crippen molar-refractivity contribution in [3.05, 3.63) is 78.4 Å². The first-order valence-corrected chi connectivity index (χ1v) is 9.63. The van der Waals surface area contributed by atoms with Gasteiger partial charge < -0.3 is 21.3 Å². The lowest BCUT2D eigenvalue weighted by Gasteiger charge is -2.14. The molecule has 0 radical (unpaired) electrons. The molecule has 150 valence electrons. The zero-order chi connectivity index (χ0) is 21.1. The Kier molecular flexibility index (Phi) is 5.22. The Morgan fingerprint density at radius 1 is 0.633 bits per heavy atom. The molecule has 0 bridgehead atoms. The number of hydrogen-bond donors (Lipinski definition) is 4. The second-order valence-electron chi connectivity index (χ2n) is 7.00. The highest BCUT2D eigenvalue weighted by Gasteiger charge is 2.11. The van der Waals surface area contributed by atoms with Gasteiger partial charge in [-0.25, -0.2) is 9.59 Å². The number of aryl methyl sites for hydroxylation is 1. The van der Waals surface area contributed by atoms with E-state index in [1.807, 2.05) is 73.7 Å². The molecule has 4 aromatic rings. The lowest BCUT2D eigenvalue weighted by atomic mass is 10.1. The molecule has 0 atom stereocenters. The van der Waals surface area contributed by atoms with Crippen LogP contribution in [0, 0.1) is 6.92 Å². The van der Waals surface area contributed by atoms with Crippen molar-refractivity contribution >= 4 is 50.7 Å². The van der Waals surface area contributed by atoms with E-state index in [2.05, 4.69) is 27.3 Å². The molecule has 0 aromatic heterocycles. The molecular weight excluding hydrogens is 376 g/mol. The van der Waals surface area contributed by atoms with Crippen LogP contribution in [0.1, 0.15) is 5.56 Å². The number of nitrogens with one attached hydrogen (secondary N) is 4. The molecule has 4 amide bonds. The van der Waals surface area contributed by atoms with Gasteiger partial charge >= 0.3 is 12.1 Å². The van der Waals surface area contributed by atoms with Crippen LogP contribution in [-0.4, -0.2) is 19.1 Å². The first-order valence-electron chi connectivity index (χ1n) is 9.63. The van der Waals surface area contributed by atoms with E-state index >= 15 is 0 Å². The third-order valence-electron chi connectivity index (χ3n) is 4.99. The van der Waals surface area contributed by atoms with E-state index in [1.54, 1.807) is 7.05 Å². The summed E-state index contributed by atoms with van der Waals surface area (Å²) in [5.74, 6) is 0. The van der Waals surface area contributed by atoms with Gasteiger partial charge in [-0.05, 0) is 47.5 Å². The van der Waals surface area contributed by atoms with Gasteiger partial charge in [-0.2, -0.15) is 0 Å². The lowest BCUT2D eigenvalue weighted by molar-refractivity contribution is 0.254. The summed E-state index contributed by atoms with van der Waals surface area (Å²) < 4.78 is 0. The number of fused-ring (bicyclic) bond motifs is 2. The van der Waals surface area contributed by atoms with E-state index in [0.717, 1.165) is 32.8 Å². The zero-order valence-corrected chi connectivity index (χ0v) is 16.7.